The van der Waals surface area contributed by atoms with Gasteiger partial charge in [0.15, 0.2) is 0 Å². The molecule has 4 fully saturated rings. The number of carbonyl (C=O) groups is 5. The highest BCUT2D eigenvalue weighted by molar-refractivity contribution is 7.05. The molecule has 28 nitrogen and oxygen atoms in total. The molecule has 0 radical (unpaired) electrons. The van der Waals surface area contributed by atoms with Gasteiger partial charge in [0, 0.05) is 166 Å². The van der Waals surface area contributed by atoms with E-state index in [9.17, 15) is 43.5 Å². The summed E-state index contributed by atoms with van der Waals surface area (Å²) in [6.07, 6.45) is 29.2. The molecule has 762 valence electrons. The van der Waals surface area contributed by atoms with Gasteiger partial charge in [-0.1, -0.05) is 133 Å². The number of amides is 4. The minimum Gasteiger partial charge on any atom is -0.493 e. The minimum atomic E-state index is -0.749. The van der Waals surface area contributed by atoms with Crippen LogP contribution < -0.4 is 35.6 Å². The molecule has 15 aromatic rings. The smallest absolute Gasteiger partial charge is 0.341 e. The van der Waals surface area contributed by atoms with Gasteiger partial charge in [0.05, 0.1) is 51.5 Å². The number of furan rings is 4. The zero-order valence-electron chi connectivity index (χ0n) is 82.6. The van der Waals surface area contributed by atoms with Crippen LogP contribution in [-0.4, -0.2) is 130 Å². The first-order valence-electron chi connectivity index (χ1n) is 51.0. The lowest BCUT2D eigenvalue weighted by atomic mass is 10.1. The second-order valence-corrected chi connectivity index (χ2v) is 38.4. The Bertz CT molecular complexity index is 6710. The third kappa shape index (κ3) is 30.2. The van der Waals surface area contributed by atoms with E-state index < -0.39 is 18.2 Å². The van der Waals surface area contributed by atoms with E-state index in [1.165, 1.54) is 17.6 Å². The Morgan fingerprint density at radius 3 is 1.01 bits per heavy atom. The van der Waals surface area contributed by atoms with Gasteiger partial charge in [-0.25, -0.2) is 4.79 Å². The number of para-hydroxylation sites is 4. The van der Waals surface area contributed by atoms with Gasteiger partial charge in [-0.15, -0.1) is 0 Å². The van der Waals surface area contributed by atoms with E-state index >= 15 is 0 Å². The van der Waals surface area contributed by atoms with E-state index in [1.54, 1.807) is 41.9 Å². The lowest BCUT2D eigenvalue weighted by molar-refractivity contribution is -0.183. The number of nitrogens with one attached hydrogen (secondary N) is 3. The molecular formula is C118H124N8O20S. The van der Waals surface area contributed by atoms with Crippen molar-refractivity contribution in [1.82, 2.24) is 38.9 Å². The molecule has 4 aliphatic carbocycles. The monoisotopic (exact) mass is 2000 g/mol. The number of benzene rings is 8. The summed E-state index contributed by atoms with van der Waals surface area (Å²) in [5.74, 6) is 6.24. The van der Waals surface area contributed by atoms with E-state index in [1.807, 2.05) is 269 Å². The lowest BCUT2D eigenvalue weighted by Crippen LogP contribution is -2.32. The second-order valence-electron chi connectivity index (χ2n) is 37.5. The van der Waals surface area contributed by atoms with Crippen molar-refractivity contribution in [1.29, 1.82) is 0 Å². The van der Waals surface area contributed by atoms with Gasteiger partial charge in [-0.2, -0.15) is 5.16 Å². The van der Waals surface area contributed by atoms with Gasteiger partial charge in [0.2, 0.25) is 6.29 Å². The number of aliphatic hydroxyl groups is 1. The summed E-state index contributed by atoms with van der Waals surface area (Å²) < 4.78 is 66.0. The molecule has 5 aliphatic rings. The molecule has 4 N–H and O–H groups in total. The van der Waals surface area contributed by atoms with Gasteiger partial charge < -0.3 is 75.3 Å². The first kappa shape index (κ1) is 103. The van der Waals surface area contributed by atoms with Crippen molar-refractivity contribution in [2.45, 2.75) is 211 Å². The van der Waals surface area contributed by atoms with E-state index in [0.29, 0.717) is 87.0 Å². The van der Waals surface area contributed by atoms with Crippen LogP contribution >= 0.6 is 11.5 Å². The van der Waals surface area contributed by atoms with E-state index in [-0.39, 0.29) is 64.5 Å². The number of aliphatic hydroxyl groups excluding tert-OH is 1. The molecule has 1 aliphatic heterocycles. The molecule has 4 saturated carbocycles. The van der Waals surface area contributed by atoms with Gasteiger partial charge in [0.1, 0.15) is 57.9 Å². The molecule has 8 aromatic carbocycles. The number of unbranched alkanes of at least 4 members (excludes halogenated alkanes) is 8. The van der Waals surface area contributed by atoms with E-state index in [2.05, 4.69) is 14.6 Å². The summed E-state index contributed by atoms with van der Waals surface area (Å²) in [6.45, 7) is 4.44. The number of aromatic amines is 3. The second kappa shape index (κ2) is 51.6. The molecule has 147 heavy (non-hydrogen) atoms. The molecule has 0 spiro atoms. The van der Waals surface area contributed by atoms with Crippen molar-refractivity contribution in [2.24, 2.45) is 7.05 Å². The van der Waals surface area contributed by atoms with Crippen LogP contribution in [0.2, 0.25) is 0 Å². The van der Waals surface area contributed by atoms with E-state index in [4.69, 9.17) is 50.6 Å². The van der Waals surface area contributed by atoms with Gasteiger partial charge >= 0.3 is 5.97 Å². The summed E-state index contributed by atoms with van der Waals surface area (Å²) in [4.78, 5) is 108. The number of hydrogen-bond acceptors (Lipinski definition) is 21. The largest absolute Gasteiger partial charge is 0.493 e. The van der Waals surface area contributed by atoms with Crippen LogP contribution in [0.25, 0.3) is 45.3 Å². The van der Waals surface area contributed by atoms with Crippen LogP contribution in [0.3, 0.4) is 0 Å². The predicted molar refractivity (Wildman–Crippen MR) is 559 cm³/mol. The standard InChI is InChI=1S/C30H33N3O4.C30H31NO7.C29H30N2O5.C29H30N2O4S/c1-32-26(20-29(34)31-32)9-3-2-6-18-36-28-10-5-4-8-24(28)21-33(25-16-17-25)30(35)23-14-12-22(13-15-23)27-11-7-19-37-27;32-27-19-28(33)38-29(37-27)10-2-1-5-17-35-26-8-4-3-7-23(26)20-31(24-15-16-24)30(34)22-13-11-21(12-14-22)25-9-6-18-36-25;2*32-28-19-25(36-30-28)8-2-1-5-17-34-27-9-4-3-7-23(27)20-31(24-15-16-24)29(33)22-13-11-21(12-14-22)26-10-6-18-35-26/h4-5,7-8,10-15,19-20,25H,2-3,6,9,16-18,21H2,1H3,(H,31,34);3-4,6-9,11-14,18-19,24,29,32H,1-2,5,10,15-17,20H2;2*3-4,6-7,9-14,18-19,24H,1-2,5,8,15-17,20H2,(H,30,32). The SMILES string of the molecule is Cn1[nH]c(=O)cc1CCCCCOc1ccccc1CN(C(=O)c1ccc(-c2ccco2)cc1)C1CC1.O=C(c1ccc(-c2ccco2)cc1)N(Cc1ccccc1OCCCCCc1cc(=O)[nH]o1)C1CC1.O=C(c1ccc(-c2ccco2)cc1)N(Cc1ccccc1OCCCCCc1cc(=O)[nH]s1)C1CC1.O=C1C=C(O)OC(CCCCCOc2ccccc2CN(C(=O)c2ccc(-c3ccco3)cc2)C2CC2)O1. The quantitative estimate of drug-likeness (QED) is 0.0203. The fourth-order valence-electron chi connectivity index (χ4n) is 17.7. The van der Waals surface area contributed by atoms with Crippen molar-refractivity contribution in [3.63, 3.8) is 0 Å². The predicted octanol–water partition coefficient (Wildman–Crippen LogP) is 23.7. The fourth-order valence-corrected chi connectivity index (χ4v) is 18.4. The summed E-state index contributed by atoms with van der Waals surface area (Å²) in [5.41, 5.74) is 11.3. The van der Waals surface area contributed by atoms with Crippen LogP contribution in [0, 0.1) is 0 Å². The Balaban J connectivity index is 0.000000134. The normalized spacial score (nSPS) is 14.0. The van der Waals surface area contributed by atoms with Gasteiger partial charge in [0.25, 0.3) is 46.3 Å². The number of carbonyl (C=O) groups excluding carboxylic acids is 5. The number of rotatable bonds is 48. The van der Waals surface area contributed by atoms with Crippen molar-refractivity contribution >= 4 is 41.1 Å². The number of nitrogens with zero attached hydrogens (tertiary/aromatic N) is 5. The fraction of sp³-hybridized carbons (Fsp3) is 0.322. The Kier molecular flexibility index (Phi) is 36.1. The molecule has 1 atom stereocenters. The molecule has 0 bridgehead atoms. The third-order valence-corrected chi connectivity index (χ3v) is 27.1. The maximum Gasteiger partial charge on any atom is 0.341 e. The Morgan fingerprint density at radius 2 is 0.707 bits per heavy atom. The molecule has 0 saturated heterocycles. The molecule has 8 heterocycles. The van der Waals surface area contributed by atoms with Crippen molar-refractivity contribution < 1.29 is 79.7 Å². The molecular weight excluding hydrogens is 1880 g/mol. The summed E-state index contributed by atoms with van der Waals surface area (Å²) >= 11 is 1.42. The maximum absolute atomic E-state index is 13.5. The molecule has 4 amide bonds. The van der Waals surface area contributed by atoms with Crippen molar-refractivity contribution in [3.05, 3.63) is 390 Å². The number of cyclic esters (lactones) is 1. The zero-order valence-corrected chi connectivity index (χ0v) is 83.4. The summed E-state index contributed by atoms with van der Waals surface area (Å²) in [6, 6.07) is 83.1. The first-order valence-corrected chi connectivity index (χ1v) is 51.8. The van der Waals surface area contributed by atoms with Crippen LogP contribution in [0.5, 0.6) is 23.0 Å². The Morgan fingerprint density at radius 1 is 0.367 bits per heavy atom. The number of esters is 1. The highest BCUT2D eigenvalue weighted by atomic mass is 32.1. The lowest BCUT2D eigenvalue weighted by Gasteiger charge is -2.24. The van der Waals surface area contributed by atoms with E-state index in [0.717, 1.165) is 255 Å². The van der Waals surface area contributed by atoms with Crippen molar-refractivity contribution in [3.8, 4) is 68.3 Å². The molecule has 20 rings (SSSR count). The average molecular weight is 2010 g/mol. The number of H-pyrrole nitrogens is 3. The molecule has 1 unspecified atom stereocenters. The highest BCUT2D eigenvalue weighted by Crippen LogP contribution is 2.39. The van der Waals surface area contributed by atoms with Gasteiger partial charge in [-0.3, -0.25) is 47.7 Å². The summed E-state index contributed by atoms with van der Waals surface area (Å²) in [7, 11) is 1.86. The molecule has 7 aromatic heterocycles. The third-order valence-electron chi connectivity index (χ3n) is 26.2. The van der Waals surface area contributed by atoms with Crippen LogP contribution in [0.1, 0.15) is 215 Å². The Hall–Kier alpha value is -15.8. The number of aromatic nitrogens is 4. The topological polar surface area (TPSA) is 343 Å². The van der Waals surface area contributed by atoms with Crippen LogP contribution in [0.4, 0.5) is 0 Å². The number of ether oxygens (including phenoxy) is 6. The van der Waals surface area contributed by atoms with Crippen LogP contribution in [0.15, 0.2) is 335 Å². The average Bonchev–Trinajstić information content (AvgIpc) is 1.68. The highest BCUT2D eigenvalue weighted by Gasteiger charge is 2.38. The van der Waals surface area contributed by atoms with Gasteiger partial charge in [-0.05, 0) is 263 Å². The van der Waals surface area contributed by atoms with Crippen molar-refractivity contribution in [2.75, 3.05) is 26.4 Å². The Labute approximate surface area is 857 Å². The first-order chi connectivity index (χ1) is 72.0. The van der Waals surface area contributed by atoms with Crippen LogP contribution in [-0.2, 0) is 66.8 Å². The number of aryl methyl sites for hydroxylation is 4. The number of hydrogen-bond donors (Lipinski definition) is 4. The molecule has 29 heteroatoms. The summed E-state index contributed by atoms with van der Waals surface area (Å²) in [5, 5.41) is 14.4. The zero-order chi connectivity index (χ0) is 101. The minimum absolute atomic E-state index is 0.0137. The maximum atomic E-state index is 13.5.